The molecule has 27 heavy (non-hydrogen) atoms. The minimum absolute atomic E-state index is 0.136. The van der Waals surface area contributed by atoms with Gasteiger partial charge < -0.3 is 9.64 Å². The zero-order chi connectivity index (χ0) is 19.7. The monoisotopic (exact) mass is 474 g/mol. The third-order valence-electron chi connectivity index (χ3n) is 4.93. The smallest absolute Gasteiger partial charge is 0.161 e. The highest BCUT2D eigenvalue weighted by Crippen LogP contribution is 2.32. The molecule has 0 amide bonds. The summed E-state index contributed by atoms with van der Waals surface area (Å²) in [5.74, 6) is 0.654. The molecule has 2 atom stereocenters. The largest absolute Gasteiger partial charge is 0.495 e. The van der Waals surface area contributed by atoms with Crippen LogP contribution in [-0.4, -0.2) is 53.8 Å². The number of methoxy groups -OCH3 is 1. The van der Waals surface area contributed by atoms with Crippen LogP contribution in [0.4, 0.5) is 5.69 Å². The topological polar surface area (TPSA) is 50.6 Å². The molecule has 3 rings (SSSR count). The number of rotatable bonds is 5. The maximum atomic E-state index is 11.9. The Morgan fingerprint density at radius 3 is 2.67 bits per heavy atom. The summed E-state index contributed by atoms with van der Waals surface area (Å²) in [5.41, 5.74) is 1.81. The Labute approximate surface area is 177 Å². The Hall–Kier alpha value is -1.28. The number of benzene rings is 1. The maximum Gasteiger partial charge on any atom is 0.161 e. The molecular formula is C18H21BrCl2N4O2. The fourth-order valence-corrected chi connectivity index (χ4v) is 4.22. The molecule has 0 radical (unpaired) electrons. The number of ether oxygens (including phenoxy) is 1. The van der Waals surface area contributed by atoms with Gasteiger partial charge in [0.15, 0.2) is 12.5 Å². The van der Waals surface area contributed by atoms with E-state index in [0.717, 1.165) is 30.8 Å². The van der Waals surface area contributed by atoms with E-state index >= 15 is 0 Å². The number of halogens is 3. The van der Waals surface area contributed by atoms with E-state index in [2.05, 4.69) is 37.8 Å². The van der Waals surface area contributed by atoms with Crippen molar-refractivity contribution in [2.75, 3.05) is 31.6 Å². The van der Waals surface area contributed by atoms with Crippen LogP contribution < -0.4 is 9.64 Å². The summed E-state index contributed by atoms with van der Waals surface area (Å²) in [7, 11) is 1.61. The van der Waals surface area contributed by atoms with Gasteiger partial charge in [-0.3, -0.25) is 9.69 Å². The number of anilines is 1. The van der Waals surface area contributed by atoms with Crippen molar-refractivity contribution < 1.29 is 9.53 Å². The lowest BCUT2D eigenvalue weighted by Gasteiger charge is -2.43. The number of hydrogen-bond donors (Lipinski definition) is 0. The number of piperazine rings is 1. The molecule has 0 bridgehead atoms. The van der Waals surface area contributed by atoms with Gasteiger partial charge in [0, 0.05) is 37.4 Å². The SMILES string of the molecule is COc1cc(N2CCN(C(C=O)n3nc(Br)c(Cl)c3C)C(C)C2)ccc1Cl. The summed E-state index contributed by atoms with van der Waals surface area (Å²) < 4.78 is 7.55. The van der Waals surface area contributed by atoms with Crippen molar-refractivity contribution in [1.82, 2.24) is 14.7 Å². The average molecular weight is 476 g/mol. The van der Waals surface area contributed by atoms with Crippen LogP contribution in [0.3, 0.4) is 0 Å². The molecular weight excluding hydrogens is 455 g/mol. The van der Waals surface area contributed by atoms with Crippen LogP contribution in [0.25, 0.3) is 0 Å². The third kappa shape index (κ3) is 3.97. The summed E-state index contributed by atoms with van der Waals surface area (Å²) in [6, 6.07) is 5.90. The van der Waals surface area contributed by atoms with Gasteiger partial charge in [0.25, 0.3) is 0 Å². The van der Waals surface area contributed by atoms with Crippen molar-refractivity contribution in [2.24, 2.45) is 0 Å². The molecule has 2 heterocycles. The standard InChI is InChI=1S/C18H21BrCl2N4O2/c1-11-9-23(13-4-5-14(20)15(8-13)27-3)6-7-24(11)16(10-26)25-12(2)17(21)18(19)22-25/h4-5,8,10-11,16H,6-7,9H2,1-3H3. The highest BCUT2D eigenvalue weighted by molar-refractivity contribution is 9.10. The minimum Gasteiger partial charge on any atom is -0.495 e. The number of hydrogen-bond acceptors (Lipinski definition) is 5. The van der Waals surface area contributed by atoms with Gasteiger partial charge in [0.2, 0.25) is 0 Å². The fraction of sp³-hybridized carbons (Fsp3) is 0.444. The van der Waals surface area contributed by atoms with E-state index in [1.165, 1.54) is 0 Å². The van der Waals surface area contributed by atoms with Gasteiger partial charge >= 0.3 is 0 Å². The van der Waals surface area contributed by atoms with Crippen LogP contribution in [0.5, 0.6) is 5.75 Å². The van der Waals surface area contributed by atoms with E-state index in [1.54, 1.807) is 11.8 Å². The van der Waals surface area contributed by atoms with E-state index in [-0.39, 0.29) is 6.04 Å². The zero-order valence-corrected chi connectivity index (χ0v) is 18.4. The molecule has 6 nitrogen and oxygen atoms in total. The molecule has 2 unspecified atom stereocenters. The van der Waals surface area contributed by atoms with Gasteiger partial charge in [0.1, 0.15) is 10.4 Å². The van der Waals surface area contributed by atoms with Crippen LogP contribution in [0, 0.1) is 6.92 Å². The van der Waals surface area contributed by atoms with E-state index in [9.17, 15) is 4.79 Å². The molecule has 0 saturated carbocycles. The van der Waals surface area contributed by atoms with Crippen molar-refractivity contribution in [1.29, 1.82) is 0 Å². The van der Waals surface area contributed by atoms with Crippen LogP contribution in [0.1, 0.15) is 18.8 Å². The summed E-state index contributed by atoms with van der Waals surface area (Å²) in [4.78, 5) is 16.3. The Balaban J connectivity index is 1.79. The van der Waals surface area contributed by atoms with E-state index in [0.29, 0.717) is 26.9 Å². The Bertz CT molecular complexity index is 845. The van der Waals surface area contributed by atoms with Gasteiger partial charge in [-0.2, -0.15) is 5.10 Å². The number of aromatic nitrogens is 2. The van der Waals surface area contributed by atoms with Gasteiger partial charge in [0.05, 0.1) is 22.8 Å². The quantitative estimate of drug-likeness (QED) is 0.607. The van der Waals surface area contributed by atoms with Crippen LogP contribution in [0.15, 0.2) is 22.8 Å². The molecule has 1 saturated heterocycles. The van der Waals surface area contributed by atoms with Crippen LogP contribution in [-0.2, 0) is 4.79 Å². The van der Waals surface area contributed by atoms with Crippen molar-refractivity contribution in [2.45, 2.75) is 26.1 Å². The lowest BCUT2D eigenvalue weighted by atomic mass is 10.1. The van der Waals surface area contributed by atoms with Gasteiger partial charge in [-0.1, -0.05) is 23.2 Å². The minimum atomic E-state index is -0.495. The lowest BCUT2D eigenvalue weighted by Crippen LogP contribution is -2.54. The normalized spacial score (nSPS) is 19.2. The molecule has 146 valence electrons. The number of carbonyl (C=O) groups excluding carboxylic acids is 1. The molecule has 0 aliphatic carbocycles. The van der Waals surface area contributed by atoms with Crippen LogP contribution >= 0.6 is 39.1 Å². The van der Waals surface area contributed by atoms with E-state index < -0.39 is 6.17 Å². The molecule has 1 aliphatic heterocycles. The number of carbonyl (C=O) groups is 1. The van der Waals surface area contributed by atoms with Crippen molar-refractivity contribution in [3.63, 3.8) is 0 Å². The Morgan fingerprint density at radius 2 is 2.11 bits per heavy atom. The second-order valence-corrected chi connectivity index (χ2v) is 8.07. The maximum absolute atomic E-state index is 11.9. The number of aldehydes is 1. The van der Waals surface area contributed by atoms with Gasteiger partial charge in [-0.15, -0.1) is 0 Å². The molecule has 2 aromatic rings. The van der Waals surface area contributed by atoms with Gasteiger partial charge in [-0.25, -0.2) is 4.68 Å². The summed E-state index contributed by atoms with van der Waals surface area (Å²) in [5, 5.41) is 5.50. The predicted octanol–water partition coefficient (Wildman–Crippen LogP) is 4.18. The zero-order valence-electron chi connectivity index (χ0n) is 15.3. The first-order valence-electron chi connectivity index (χ1n) is 8.57. The summed E-state index contributed by atoms with van der Waals surface area (Å²) in [6.45, 7) is 6.21. The van der Waals surface area contributed by atoms with Crippen molar-refractivity contribution in [3.8, 4) is 5.75 Å². The molecule has 1 aromatic heterocycles. The first kappa shape index (κ1) is 20.5. The summed E-state index contributed by atoms with van der Waals surface area (Å²) >= 11 is 15.7. The second kappa shape index (κ2) is 8.39. The fourth-order valence-electron chi connectivity index (χ4n) is 3.44. The lowest BCUT2D eigenvalue weighted by molar-refractivity contribution is -0.117. The van der Waals surface area contributed by atoms with Gasteiger partial charge in [-0.05, 0) is 41.9 Å². The van der Waals surface area contributed by atoms with Crippen molar-refractivity contribution >= 4 is 51.1 Å². The van der Waals surface area contributed by atoms with E-state index in [4.69, 9.17) is 27.9 Å². The number of nitrogens with zero attached hydrogens (tertiary/aromatic N) is 4. The first-order valence-corrected chi connectivity index (χ1v) is 10.1. The highest BCUT2D eigenvalue weighted by atomic mass is 79.9. The Morgan fingerprint density at radius 1 is 1.37 bits per heavy atom. The van der Waals surface area contributed by atoms with Crippen molar-refractivity contribution in [3.05, 3.63) is 38.5 Å². The molecule has 1 aliphatic rings. The first-order chi connectivity index (χ1) is 12.9. The van der Waals surface area contributed by atoms with E-state index in [1.807, 2.05) is 25.1 Å². The molecule has 1 fully saturated rings. The predicted molar refractivity (Wildman–Crippen MR) is 111 cm³/mol. The average Bonchev–Trinajstić information content (AvgIpc) is 2.91. The highest BCUT2D eigenvalue weighted by Gasteiger charge is 2.32. The molecule has 9 heteroatoms. The summed E-state index contributed by atoms with van der Waals surface area (Å²) in [6.07, 6.45) is 0.422. The Kier molecular flexibility index (Phi) is 6.35. The van der Waals surface area contributed by atoms with Crippen LogP contribution in [0.2, 0.25) is 10.0 Å². The molecule has 1 aromatic carbocycles. The third-order valence-corrected chi connectivity index (χ3v) is 6.48. The molecule has 0 spiro atoms. The molecule has 0 N–H and O–H groups in total. The second-order valence-electron chi connectivity index (χ2n) is 6.54.